The van der Waals surface area contributed by atoms with Crippen LogP contribution in [-0.4, -0.2) is 123 Å². The highest BCUT2D eigenvalue weighted by molar-refractivity contribution is 9.10. The molecule has 21 heteroatoms. The monoisotopic (exact) mass is 1010 g/mol. The number of carbonyl (C=O) groups excluding carboxylic acids is 1. The molecule has 6 aromatic heterocycles. The summed E-state index contributed by atoms with van der Waals surface area (Å²) in [5, 5.41) is 18.9. The molecule has 2 aromatic carbocycles. The van der Waals surface area contributed by atoms with Crippen molar-refractivity contribution >= 4 is 67.3 Å². The number of aromatic nitrogens is 10. The van der Waals surface area contributed by atoms with Crippen LogP contribution in [0, 0.1) is 25.5 Å². The molecule has 3 N–H and O–H groups in total. The second kappa shape index (κ2) is 18.5. The smallest absolute Gasteiger partial charge is 0.355 e. The Morgan fingerprint density at radius 1 is 0.986 bits per heavy atom. The van der Waals surface area contributed by atoms with Crippen LogP contribution in [0.3, 0.4) is 0 Å². The molecular formula is C49H50BrF2N15O3. The number of halogens is 3. The summed E-state index contributed by atoms with van der Waals surface area (Å²) >= 11 is 3.63. The fourth-order valence-electron chi connectivity index (χ4n) is 9.38. The number of aryl methyl sites for hydroxylation is 2. The summed E-state index contributed by atoms with van der Waals surface area (Å²) in [5.74, 6) is -1.02. The summed E-state index contributed by atoms with van der Waals surface area (Å²) in [7, 11) is 0. The number of imidazole rings is 1. The fourth-order valence-corrected chi connectivity index (χ4v) is 9.73. The van der Waals surface area contributed by atoms with Crippen molar-refractivity contribution in [3.05, 3.63) is 122 Å². The van der Waals surface area contributed by atoms with E-state index in [1.165, 1.54) is 22.8 Å². The molecule has 10 rings (SSSR count). The van der Waals surface area contributed by atoms with E-state index in [-0.39, 0.29) is 67.0 Å². The molecule has 0 radical (unpaired) electrons. The molecule has 18 nitrogen and oxygen atoms in total. The van der Waals surface area contributed by atoms with Crippen LogP contribution in [-0.2, 0) is 11.3 Å². The quantitative estimate of drug-likeness (QED) is 0.121. The summed E-state index contributed by atoms with van der Waals surface area (Å²) in [4.78, 5) is 68.8. The highest BCUT2D eigenvalue weighted by Gasteiger charge is 2.33. The predicted octanol–water partition coefficient (Wildman–Crippen LogP) is 6.35. The molecular weight excluding hydrogens is 965 g/mol. The predicted molar refractivity (Wildman–Crippen MR) is 267 cm³/mol. The zero-order chi connectivity index (χ0) is 49.1. The summed E-state index contributed by atoms with van der Waals surface area (Å²) in [5.41, 5.74) is 3.64. The number of phenolic OH excluding ortho intramolecular Hbond substituents is 1. The number of nitrogens with one attached hydrogen (secondary N) is 2. The molecule has 8 heterocycles. The Morgan fingerprint density at radius 2 is 1.79 bits per heavy atom. The first kappa shape index (κ1) is 46.3. The number of pyridine rings is 2. The highest BCUT2D eigenvalue weighted by Crippen LogP contribution is 2.37. The van der Waals surface area contributed by atoms with Gasteiger partial charge in [-0.25, -0.2) is 28.1 Å². The third kappa shape index (κ3) is 8.45. The lowest BCUT2D eigenvalue weighted by Crippen LogP contribution is -2.55. The normalized spacial score (nSPS) is 15.5. The van der Waals surface area contributed by atoms with Crippen LogP contribution >= 0.6 is 15.9 Å². The Labute approximate surface area is 408 Å². The SMILES string of the molecule is C=C(CN(Cc1nc2ccc(C)cc2[nH]1)c1nc(N2CCNCC2)nc2c(Br)cnn12)C(=O)N1CCN(c2nc(=O)n(-c3c(C)ccnc3C(C)C)c3nc(-c4c(O)cccc4F)c(F)cc23)[C@@H](C)C1. The van der Waals surface area contributed by atoms with Gasteiger partial charge < -0.3 is 35.0 Å². The number of nitrogens with zero attached hydrogens (tertiary/aromatic N) is 13. The van der Waals surface area contributed by atoms with Crippen LogP contribution in [0.15, 0.2) is 82.3 Å². The third-order valence-corrected chi connectivity index (χ3v) is 13.4. The number of hydrogen-bond donors (Lipinski definition) is 3. The molecule has 70 heavy (non-hydrogen) atoms. The highest BCUT2D eigenvalue weighted by atomic mass is 79.9. The maximum absolute atomic E-state index is 16.4. The first-order chi connectivity index (χ1) is 33.6. The van der Waals surface area contributed by atoms with Gasteiger partial charge in [0.15, 0.2) is 17.1 Å². The third-order valence-electron chi connectivity index (χ3n) is 12.8. The molecule has 360 valence electrons. The average molecular weight is 1010 g/mol. The Morgan fingerprint density at radius 3 is 2.54 bits per heavy atom. The van der Waals surface area contributed by atoms with Gasteiger partial charge in [0.2, 0.25) is 11.9 Å². The summed E-state index contributed by atoms with van der Waals surface area (Å²) in [6, 6.07) is 12.1. The number of carbonyl (C=O) groups is 1. The number of hydrogen-bond acceptors (Lipinski definition) is 14. The van der Waals surface area contributed by atoms with Crippen molar-refractivity contribution in [2.24, 2.45) is 0 Å². The van der Waals surface area contributed by atoms with Crippen LogP contribution < -0.4 is 25.7 Å². The lowest BCUT2D eigenvalue weighted by molar-refractivity contribution is -0.127. The van der Waals surface area contributed by atoms with E-state index in [1.807, 2.05) is 62.6 Å². The number of piperazine rings is 2. The number of H-pyrrole nitrogens is 1. The van der Waals surface area contributed by atoms with E-state index in [0.717, 1.165) is 35.8 Å². The van der Waals surface area contributed by atoms with Gasteiger partial charge in [0.1, 0.15) is 28.9 Å². The fraction of sp³-hybridized carbons (Fsp3) is 0.327. The van der Waals surface area contributed by atoms with Crippen molar-refractivity contribution < 1.29 is 18.7 Å². The maximum atomic E-state index is 16.4. The molecule has 0 unspecified atom stereocenters. The minimum absolute atomic E-state index is 0.00559. The lowest BCUT2D eigenvalue weighted by atomic mass is 10.0. The first-order valence-electron chi connectivity index (χ1n) is 23.0. The summed E-state index contributed by atoms with van der Waals surface area (Å²) < 4.78 is 35.4. The summed E-state index contributed by atoms with van der Waals surface area (Å²) in [6.07, 6.45) is 3.31. The Kier molecular flexibility index (Phi) is 12.2. The zero-order valence-corrected chi connectivity index (χ0v) is 40.8. The number of anilines is 3. The minimum atomic E-state index is -0.934. The number of phenols is 1. The molecule has 1 amide bonds. The van der Waals surface area contributed by atoms with Crippen LogP contribution in [0.5, 0.6) is 5.75 Å². The Bertz CT molecular complexity index is 3420. The van der Waals surface area contributed by atoms with Crippen molar-refractivity contribution in [2.45, 2.75) is 53.1 Å². The first-order valence-corrected chi connectivity index (χ1v) is 23.8. The molecule has 8 aromatic rings. The second-order valence-electron chi connectivity index (χ2n) is 18.1. The molecule has 0 bridgehead atoms. The average Bonchev–Trinajstić information content (AvgIpc) is 3.92. The van der Waals surface area contributed by atoms with Crippen LogP contribution in [0.25, 0.3) is 44.7 Å². The number of benzene rings is 2. The standard InChI is InChI=1S/C49H50BrF2N15O3/c1-26(2)40-42(28(4)12-13-54-40)66-44-31(21-34(52)41(58-44)39-33(51)8-7-9-37(39)68)43(60-49(66)70)65-19-18-63(24-30(65)6)46(69)29(5)23-64(25-38-56-35-11-10-27(3)20-36(35)57-38)48-61-47(62-16-14-53-15-17-62)59-45-32(50)22-55-67(45)48/h7-13,20-22,26,30,53,68H,5,14-19,23-25H2,1-4,6H3,(H,56,57)/t30-/m0/s1. The Balaban J connectivity index is 0.985. The van der Waals surface area contributed by atoms with Crippen molar-refractivity contribution in [1.82, 2.24) is 59.3 Å². The maximum Gasteiger partial charge on any atom is 0.355 e. The second-order valence-corrected chi connectivity index (χ2v) is 19.0. The largest absolute Gasteiger partial charge is 0.507 e. The number of amides is 1. The van der Waals surface area contributed by atoms with E-state index < -0.39 is 40.4 Å². The van der Waals surface area contributed by atoms with Gasteiger partial charge in [0.05, 0.1) is 57.1 Å². The Hall–Kier alpha value is -7.39. The van der Waals surface area contributed by atoms with E-state index in [4.69, 9.17) is 15.0 Å². The zero-order valence-electron chi connectivity index (χ0n) is 39.2. The van der Waals surface area contributed by atoms with Crippen molar-refractivity contribution in [3.63, 3.8) is 0 Å². The van der Waals surface area contributed by atoms with Gasteiger partial charge in [-0.2, -0.15) is 24.6 Å². The van der Waals surface area contributed by atoms with Gasteiger partial charge in [-0.05, 0) is 90.1 Å². The molecule has 0 saturated carbocycles. The van der Waals surface area contributed by atoms with Crippen molar-refractivity contribution in [1.29, 1.82) is 0 Å². The number of aromatic amines is 1. The van der Waals surface area contributed by atoms with Crippen LogP contribution in [0.1, 0.15) is 49.3 Å². The molecule has 2 fully saturated rings. The topological polar surface area (TPSA) is 195 Å². The summed E-state index contributed by atoms with van der Waals surface area (Å²) in [6.45, 7) is 17.8. The number of fused-ring (bicyclic) bond motifs is 3. The molecule has 1 atom stereocenters. The van der Waals surface area contributed by atoms with Crippen LogP contribution in [0.2, 0.25) is 0 Å². The number of aromatic hydroxyl groups is 1. The van der Waals surface area contributed by atoms with E-state index >= 15 is 8.78 Å². The van der Waals surface area contributed by atoms with Crippen LogP contribution in [0.4, 0.5) is 26.5 Å². The van der Waals surface area contributed by atoms with Crippen molar-refractivity contribution in [3.8, 4) is 22.7 Å². The molecule has 2 aliphatic heterocycles. The lowest BCUT2D eigenvalue weighted by Gasteiger charge is -2.41. The van der Waals surface area contributed by atoms with Gasteiger partial charge in [-0.1, -0.05) is 32.6 Å². The van der Waals surface area contributed by atoms with Gasteiger partial charge in [0.25, 0.3) is 5.91 Å². The number of rotatable bonds is 11. The molecule has 2 aliphatic rings. The van der Waals surface area contributed by atoms with E-state index in [0.29, 0.717) is 57.9 Å². The molecule has 2 saturated heterocycles. The van der Waals surface area contributed by atoms with Gasteiger partial charge >= 0.3 is 5.69 Å². The van der Waals surface area contributed by atoms with E-state index in [2.05, 4.69) is 57.8 Å². The molecule has 0 spiro atoms. The van der Waals surface area contributed by atoms with E-state index in [9.17, 15) is 14.7 Å². The van der Waals surface area contributed by atoms with Gasteiger partial charge in [-0.3, -0.25) is 9.78 Å². The van der Waals surface area contributed by atoms with E-state index in [1.54, 1.807) is 27.9 Å². The van der Waals surface area contributed by atoms with Gasteiger partial charge in [0, 0.05) is 63.6 Å². The van der Waals surface area contributed by atoms with Gasteiger partial charge in [-0.15, -0.1) is 0 Å². The minimum Gasteiger partial charge on any atom is -0.507 e. The van der Waals surface area contributed by atoms with Crippen molar-refractivity contribution in [2.75, 3.05) is 67.1 Å². The molecule has 0 aliphatic carbocycles.